The Balaban J connectivity index is 2.24. The lowest BCUT2D eigenvalue weighted by molar-refractivity contribution is 0.507. The van der Waals surface area contributed by atoms with Gasteiger partial charge in [0.05, 0.1) is 0 Å². The lowest BCUT2D eigenvalue weighted by atomic mass is 9.94. The largest absolute Gasteiger partial charge is 0.158 e. The summed E-state index contributed by atoms with van der Waals surface area (Å²) < 4.78 is 0. The van der Waals surface area contributed by atoms with Crippen LogP contribution in [-0.2, 0) is 0 Å². The van der Waals surface area contributed by atoms with Gasteiger partial charge in [-0.2, -0.15) is 11.8 Å². The molecule has 1 heteroatoms. The van der Waals surface area contributed by atoms with Gasteiger partial charge in [0.15, 0.2) is 0 Å². The molecule has 1 rings (SSSR count). The minimum absolute atomic E-state index is 0.632. The SMILES string of the molecule is C=CCC1[C]C(CCC)CCS1. The topological polar surface area (TPSA) is 0 Å². The fourth-order valence-electron chi connectivity index (χ4n) is 1.61. The molecule has 2 radical (unpaired) electrons. The first-order chi connectivity index (χ1) is 5.86. The van der Waals surface area contributed by atoms with Crippen LogP contribution in [0, 0.1) is 12.3 Å². The van der Waals surface area contributed by atoms with Crippen LogP contribution in [0.25, 0.3) is 0 Å². The quantitative estimate of drug-likeness (QED) is 0.599. The van der Waals surface area contributed by atoms with Gasteiger partial charge in [0, 0.05) is 11.7 Å². The van der Waals surface area contributed by atoms with Gasteiger partial charge >= 0.3 is 0 Å². The van der Waals surface area contributed by atoms with Crippen LogP contribution in [0.1, 0.15) is 32.6 Å². The van der Waals surface area contributed by atoms with Gasteiger partial charge in [0.1, 0.15) is 0 Å². The van der Waals surface area contributed by atoms with E-state index in [-0.39, 0.29) is 0 Å². The predicted molar refractivity (Wildman–Crippen MR) is 57.3 cm³/mol. The molecule has 0 saturated carbocycles. The summed E-state index contributed by atoms with van der Waals surface area (Å²) in [5.41, 5.74) is 0. The second-order valence-electron chi connectivity index (χ2n) is 3.32. The average Bonchev–Trinajstić information content (AvgIpc) is 2.06. The molecule has 0 aromatic rings. The molecule has 0 bridgehead atoms. The molecule has 2 atom stereocenters. The van der Waals surface area contributed by atoms with Crippen molar-refractivity contribution in [3.63, 3.8) is 0 Å². The molecule has 1 heterocycles. The summed E-state index contributed by atoms with van der Waals surface area (Å²) in [5.74, 6) is 2.08. The third-order valence-electron chi connectivity index (χ3n) is 2.22. The van der Waals surface area contributed by atoms with Crippen molar-refractivity contribution in [3.05, 3.63) is 19.1 Å². The van der Waals surface area contributed by atoms with E-state index in [2.05, 4.69) is 19.9 Å². The van der Waals surface area contributed by atoms with Crippen molar-refractivity contribution in [2.45, 2.75) is 37.9 Å². The molecule has 1 saturated heterocycles. The summed E-state index contributed by atoms with van der Waals surface area (Å²) in [5, 5.41) is 0.632. The van der Waals surface area contributed by atoms with Gasteiger partial charge in [-0.25, -0.2) is 0 Å². The smallest absolute Gasteiger partial charge is 0.0153 e. The number of allylic oxidation sites excluding steroid dienone is 1. The summed E-state index contributed by atoms with van der Waals surface area (Å²) in [6.45, 7) is 6.03. The summed E-state index contributed by atoms with van der Waals surface area (Å²) in [4.78, 5) is 0. The van der Waals surface area contributed by atoms with Gasteiger partial charge in [-0.05, 0) is 24.5 Å². The molecule has 0 amide bonds. The highest BCUT2D eigenvalue weighted by Crippen LogP contribution is 2.33. The minimum Gasteiger partial charge on any atom is -0.158 e. The maximum atomic E-state index is 3.77. The van der Waals surface area contributed by atoms with E-state index >= 15 is 0 Å². The molecular weight excluding hydrogens is 164 g/mol. The molecule has 0 aromatic carbocycles. The first-order valence-corrected chi connectivity index (χ1v) is 5.90. The highest BCUT2D eigenvalue weighted by molar-refractivity contribution is 8.00. The number of rotatable bonds is 4. The van der Waals surface area contributed by atoms with Crippen LogP contribution in [0.4, 0.5) is 0 Å². The van der Waals surface area contributed by atoms with Crippen LogP contribution in [0.15, 0.2) is 12.7 Å². The molecule has 0 aliphatic carbocycles. The van der Waals surface area contributed by atoms with Gasteiger partial charge in [-0.15, -0.1) is 6.58 Å². The van der Waals surface area contributed by atoms with Crippen molar-refractivity contribution in [2.75, 3.05) is 5.75 Å². The van der Waals surface area contributed by atoms with Gasteiger partial charge in [0.25, 0.3) is 0 Å². The first-order valence-electron chi connectivity index (χ1n) is 4.85. The summed E-state index contributed by atoms with van der Waals surface area (Å²) in [6, 6.07) is 0. The maximum absolute atomic E-state index is 3.77. The molecule has 0 spiro atoms. The monoisotopic (exact) mass is 182 g/mol. The Kier molecular flexibility index (Phi) is 4.82. The molecule has 0 N–H and O–H groups in total. The predicted octanol–water partition coefficient (Wildman–Crippen LogP) is 3.57. The highest BCUT2D eigenvalue weighted by atomic mass is 32.2. The van der Waals surface area contributed by atoms with Crippen LogP contribution < -0.4 is 0 Å². The molecule has 1 aliphatic rings. The van der Waals surface area contributed by atoms with Crippen molar-refractivity contribution < 1.29 is 0 Å². The van der Waals surface area contributed by atoms with Gasteiger partial charge in [-0.1, -0.05) is 25.8 Å². The molecule has 12 heavy (non-hydrogen) atoms. The molecular formula is C11H18S. The first kappa shape index (κ1) is 10.2. The van der Waals surface area contributed by atoms with E-state index in [9.17, 15) is 0 Å². The van der Waals surface area contributed by atoms with Crippen LogP contribution in [-0.4, -0.2) is 11.0 Å². The standard InChI is InChI=1S/C11H18S/c1-3-5-10-7-8-12-11(9-10)6-4-2/h4,10-11H,2-3,5-8H2,1H3. The fourth-order valence-corrected chi connectivity index (χ4v) is 2.88. The summed E-state index contributed by atoms with van der Waals surface area (Å²) >= 11 is 2.04. The third kappa shape index (κ3) is 3.22. The van der Waals surface area contributed by atoms with Gasteiger partial charge in [-0.3, -0.25) is 0 Å². The minimum atomic E-state index is 0.632. The molecule has 0 aromatic heterocycles. The average molecular weight is 182 g/mol. The normalized spacial score (nSPS) is 30.1. The molecule has 2 unspecified atom stereocenters. The maximum Gasteiger partial charge on any atom is 0.0153 e. The summed E-state index contributed by atoms with van der Waals surface area (Å²) in [7, 11) is 0. The van der Waals surface area contributed by atoms with E-state index < -0.39 is 0 Å². The Morgan fingerprint density at radius 3 is 3.17 bits per heavy atom. The zero-order chi connectivity index (χ0) is 8.81. The zero-order valence-corrected chi connectivity index (χ0v) is 8.70. The van der Waals surface area contributed by atoms with Crippen molar-refractivity contribution in [3.8, 4) is 0 Å². The van der Waals surface area contributed by atoms with Crippen molar-refractivity contribution in [1.82, 2.24) is 0 Å². The van der Waals surface area contributed by atoms with Gasteiger partial charge in [0.2, 0.25) is 0 Å². The van der Waals surface area contributed by atoms with Crippen molar-refractivity contribution in [1.29, 1.82) is 0 Å². The lowest BCUT2D eigenvalue weighted by Crippen LogP contribution is -2.18. The van der Waals surface area contributed by atoms with Gasteiger partial charge < -0.3 is 0 Å². The Hall–Kier alpha value is 0.0900. The van der Waals surface area contributed by atoms with E-state index in [1.54, 1.807) is 0 Å². The van der Waals surface area contributed by atoms with Crippen LogP contribution in [0.5, 0.6) is 0 Å². The third-order valence-corrected chi connectivity index (χ3v) is 3.43. The molecule has 0 nitrogen and oxygen atoms in total. The van der Waals surface area contributed by atoms with Crippen molar-refractivity contribution >= 4 is 11.8 Å². The Bertz CT molecular complexity index is 129. The second kappa shape index (κ2) is 5.69. The summed E-state index contributed by atoms with van der Waals surface area (Å²) in [6.07, 6.45) is 10.7. The van der Waals surface area contributed by atoms with E-state index in [0.29, 0.717) is 5.25 Å². The highest BCUT2D eigenvalue weighted by Gasteiger charge is 2.21. The van der Waals surface area contributed by atoms with E-state index in [4.69, 9.17) is 0 Å². The van der Waals surface area contributed by atoms with Crippen LogP contribution >= 0.6 is 11.8 Å². The lowest BCUT2D eigenvalue weighted by Gasteiger charge is -2.26. The van der Waals surface area contributed by atoms with E-state index in [0.717, 1.165) is 12.3 Å². The van der Waals surface area contributed by atoms with Crippen LogP contribution in [0.3, 0.4) is 0 Å². The second-order valence-corrected chi connectivity index (χ2v) is 4.64. The number of hydrogen-bond donors (Lipinski definition) is 0. The number of thioether (sulfide) groups is 1. The zero-order valence-electron chi connectivity index (χ0n) is 7.88. The molecule has 1 fully saturated rings. The van der Waals surface area contributed by atoms with E-state index in [1.807, 2.05) is 17.8 Å². The Morgan fingerprint density at radius 1 is 1.67 bits per heavy atom. The van der Waals surface area contributed by atoms with Crippen molar-refractivity contribution in [2.24, 2.45) is 5.92 Å². The van der Waals surface area contributed by atoms with Crippen LogP contribution in [0.2, 0.25) is 0 Å². The molecule has 1 aliphatic heterocycles. The van der Waals surface area contributed by atoms with E-state index in [1.165, 1.54) is 25.0 Å². The fraction of sp³-hybridized carbons (Fsp3) is 0.727. The Labute approximate surface area is 80.8 Å². The number of hydrogen-bond acceptors (Lipinski definition) is 1. The Morgan fingerprint density at radius 2 is 2.50 bits per heavy atom. The molecule has 68 valence electrons.